The van der Waals surface area contributed by atoms with Gasteiger partial charge in [-0.3, -0.25) is 4.79 Å². The Hall–Kier alpha value is -1.15. The van der Waals surface area contributed by atoms with E-state index in [1.807, 2.05) is 19.1 Å². The standard InChI is InChI=1S/C10H12O2/c1-8(12-2)7-9-5-3-4-6-10(9)11/h3-8H,1-2H3/b9-7+. The van der Waals surface area contributed by atoms with Crippen LogP contribution in [0.25, 0.3) is 0 Å². The lowest BCUT2D eigenvalue weighted by molar-refractivity contribution is -0.111. The molecule has 1 atom stereocenters. The molecule has 0 heterocycles. The van der Waals surface area contributed by atoms with Crippen molar-refractivity contribution in [2.24, 2.45) is 0 Å². The zero-order valence-electron chi connectivity index (χ0n) is 7.28. The summed E-state index contributed by atoms with van der Waals surface area (Å²) < 4.78 is 5.01. The molecule has 0 radical (unpaired) electrons. The van der Waals surface area contributed by atoms with Crippen LogP contribution in [0.1, 0.15) is 6.92 Å². The van der Waals surface area contributed by atoms with Crippen molar-refractivity contribution in [3.05, 3.63) is 36.0 Å². The van der Waals surface area contributed by atoms with Gasteiger partial charge in [-0.05, 0) is 19.1 Å². The normalized spacial score (nSPS) is 21.8. The smallest absolute Gasteiger partial charge is 0.185 e. The van der Waals surface area contributed by atoms with Crippen LogP contribution in [0, 0.1) is 0 Å². The monoisotopic (exact) mass is 164 g/mol. The van der Waals surface area contributed by atoms with Crippen molar-refractivity contribution >= 4 is 5.78 Å². The van der Waals surface area contributed by atoms with Gasteiger partial charge in [0.25, 0.3) is 0 Å². The van der Waals surface area contributed by atoms with E-state index in [1.54, 1.807) is 25.3 Å². The van der Waals surface area contributed by atoms with Crippen LogP contribution in [-0.2, 0) is 9.53 Å². The number of methoxy groups -OCH3 is 1. The molecule has 0 N–H and O–H groups in total. The van der Waals surface area contributed by atoms with Crippen LogP contribution in [-0.4, -0.2) is 19.0 Å². The van der Waals surface area contributed by atoms with E-state index in [1.165, 1.54) is 0 Å². The second kappa shape index (κ2) is 4.02. The second-order valence-electron chi connectivity index (χ2n) is 2.65. The number of carbonyl (C=O) groups is 1. The maximum atomic E-state index is 11.2. The van der Waals surface area contributed by atoms with E-state index in [0.29, 0.717) is 5.57 Å². The van der Waals surface area contributed by atoms with Crippen LogP contribution in [0.15, 0.2) is 36.0 Å². The average molecular weight is 164 g/mol. The van der Waals surface area contributed by atoms with E-state index < -0.39 is 0 Å². The van der Waals surface area contributed by atoms with Crippen molar-refractivity contribution in [3.8, 4) is 0 Å². The molecule has 1 aliphatic rings. The van der Waals surface area contributed by atoms with Crippen LogP contribution in [0.4, 0.5) is 0 Å². The first kappa shape index (κ1) is 8.94. The molecule has 1 unspecified atom stereocenters. The summed E-state index contributed by atoms with van der Waals surface area (Å²) in [4.78, 5) is 11.2. The second-order valence-corrected chi connectivity index (χ2v) is 2.65. The van der Waals surface area contributed by atoms with Gasteiger partial charge in [0, 0.05) is 12.7 Å². The zero-order valence-corrected chi connectivity index (χ0v) is 7.28. The third-order valence-electron chi connectivity index (χ3n) is 1.71. The van der Waals surface area contributed by atoms with E-state index in [2.05, 4.69) is 0 Å². The molecule has 0 bridgehead atoms. The van der Waals surface area contributed by atoms with Crippen molar-refractivity contribution in [1.29, 1.82) is 0 Å². The third-order valence-corrected chi connectivity index (χ3v) is 1.71. The van der Waals surface area contributed by atoms with Crippen molar-refractivity contribution in [2.75, 3.05) is 7.11 Å². The minimum absolute atomic E-state index is 0.0138. The molecule has 0 aromatic rings. The Morgan fingerprint density at radius 3 is 2.67 bits per heavy atom. The fraction of sp³-hybridized carbons (Fsp3) is 0.300. The summed E-state index contributed by atoms with van der Waals surface area (Å²) >= 11 is 0. The van der Waals surface area contributed by atoms with Gasteiger partial charge in [-0.2, -0.15) is 0 Å². The summed E-state index contributed by atoms with van der Waals surface area (Å²) in [6.45, 7) is 1.90. The van der Waals surface area contributed by atoms with Gasteiger partial charge in [0.2, 0.25) is 0 Å². The first-order chi connectivity index (χ1) is 5.74. The van der Waals surface area contributed by atoms with Gasteiger partial charge in [-0.15, -0.1) is 0 Å². The molecule has 0 amide bonds. The highest BCUT2D eigenvalue weighted by Crippen LogP contribution is 2.08. The maximum absolute atomic E-state index is 11.2. The predicted molar refractivity (Wildman–Crippen MR) is 47.8 cm³/mol. The molecule has 2 heteroatoms. The molecule has 2 nitrogen and oxygen atoms in total. The SMILES string of the molecule is COC(C)/C=C1\C=CC=CC1=O. The Labute approximate surface area is 72.2 Å². The molecule has 0 saturated heterocycles. The topological polar surface area (TPSA) is 26.3 Å². The molecule has 0 saturated carbocycles. The molecule has 0 spiro atoms. The van der Waals surface area contributed by atoms with E-state index in [0.717, 1.165) is 0 Å². The Bertz CT molecular complexity index is 259. The number of hydrogen-bond donors (Lipinski definition) is 0. The molecule has 0 aliphatic heterocycles. The lowest BCUT2D eigenvalue weighted by Gasteiger charge is -2.06. The van der Waals surface area contributed by atoms with Crippen molar-refractivity contribution in [2.45, 2.75) is 13.0 Å². The largest absolute Gasteiger partial charge is 0.378 e. The van der Waals surface area contributed by atoms with Crippen molar-refractivity contribution in [1.82, 2.24) is 0 Å². The number of ketones is 1. The van der Waals surface area contributed by atoms with E-state index >= 15 is 0 Å². The molecule has 12 heavy (non-hydrogen) atoms. The molecule has 0 aromatic heterocycles. The number of ether oxygens (including phenoxy) is 1. The summed E-state index contributed by atoms with van der Waals surface area (Å²) in [5, 5.41) is 0. The number of hydrogen-bond acceptors (Lipinski definition) is 2. The number of rotatable bonds is 2. The summed E-state index contributed by atoms with van der Waals surface area (Å²) in [6, 6.07) is 0. The summed E-state index contributed by atoms with van der Waals surface area (Å²) in [7, 11) is 1.62. The molecule has 1 aliphatic carbocycles. The van der Waals surface area contributed by atoms with E-state index in [9.17, 15) is 4.79 Å². The average Bonchev–Trinajstić information content (AvgIpc) is 2.09. The molecular weight excluding hydrogens is 152 g/mol. The Balaban J connectivity index is 2.75. The van der Waals surface area contributed by atoms with Gasteiger partial charge < -0.3 is 4.74 Å². The minimum atomic E-state index is -0.0138. The van der Waals surface area contributed by atoms with Crippen LogP contribution in [0.3, 0.4) is 0 Å². The third kappa shape index (κ3) is 2.17. The van der Waals surface area contributed by atoms with Gasteiger partial charge in [0.1, 0.15) is 0 Å². The molecule has 1 rings (SSSR count). The number of allylic oxidation sites excluding steroid dienone is 5. The molecule has 0 fully saturated rings. The van der Waals surface area contributed by atoms with Crippen LogP contribution in [0.2, 0.25) is 0 Å². The van der Waals surface area contributed by atoms with E-state index in [-0.39, 0.29) is 11.9 Å². The van der Waals surface area contributed by atoms with E-state index in [4.69, 9.17) is 4.74 Å². The predicted octanol–water partition coefficient (Wildman–Crippen LogP) is 1.64. The highest BCUT2D eigenvalue weighted by Gasteiger charge is 2.06. The summed E-state index contributed by atoms with van der Waals surface area (Å²) in [5.74, 6) is 0.0430. The van der Waals surface area contributed by atoms with Crippen molar-refractivity contribution in [3.63, 3.8) is 0 Å². The molecular formula is C10H12O2. The highest BCUT2D eigenvalue weighted by molar-refractivity contribution is 6.07. The Kier molecular flexibility index (Phi) is 3.00. The van der Waals surface area contributed by atoms with Gasteiger partial charge in [0.15, 0.2) is 5.78 Å². The quantitative estimate of drug-likeness (QED) is 0.580. The first-order valence-electron chi connectivity index (χ1n) is 3.87. The van der Waals surface area contributed by atoms with Crippen LogP contribution >= 0.6 is 0 Å². The van der Waals surface area contributed by atoms with Gasteiger partial charge in [0.05, 0.1) is 6.10 Å². The first-order valence-corrected chi connectivity index (χ1v) is 3.87. The Morgan fingerprint density at radius 2 is 2.08 bits per heavy atom. The van der Waals surface area contributed by atoms with Crippen molar-refractivity contribution < 1.29 is 9.53 Å². The fourth-order valence-corrected chi connectivity index (χ4v) is 0.939. The summed E-state index contributed by atoms with van der Waals surface area (Å²) in [6.07, 6.45) is 8.71. The van der Waals surface area contributed by atoms with Gasteiger partial charge in [-0.1, -0.05) is 18.2 Å². The van der Waals surface area contributed by atoms with Crippen LogP contribution < -0.4 is 0 Å². The fourth-order valence-electron chi connectivity index (χ4n) is 0.939. The highest BCUT2D eigenvalue weighted by atomic mass is 16.5. The summed E-state index contributed by atoms with van der Waals surface area (Å²) in [5.41, 5.74) is 0.701. The molecule has 64 valence electrons. The van der Waals surface area contributed by atoms with Crippen LogP contribution in [0.5, 0.6) is 0 Å². The minimum Gasteiger partial charge on any atom is -0.378 e. The zero-order chi connectivity index (χ0) is 8.97. The lowest BCUT2D eigenvalue weighted by Crippen LogP contribution is -2.06. The van der Waals surface area contributed by atoms with Gasteiger partial charge in [-0.25, -0.2) is 0 Å². The molecule has 0 aromatic carbocycles. The lowest BCUT2D eigenvalue weighted by atomic mass is 10.1. The Morgan fingerprint density at radius 1 is 1.42 bits per heavy atom. The number of carbonyl (C=O) groups excluding carboxylic acids is 1. The van der Waals surface area contributed by atoms with Gasteiger partial charge >= 0.3 is 0 Å². The maximum Gasteiger partial charge on any atom is 0.185 e.